The van der Waals surface area contributed by atoms with Crippen LogP contribution in [0.4, 0.5) is 16.3 Å². The number of benzene rings is 1. The normalized spacial score (nSPS) is 10.5. The van der Waals surface area contributed by atoms with Crippen molar-refractivity contribution in [3.8, 4) is 0 Å². The molecule has 146 valence electrons. The molecule has 2 aromatic rings. The van der Waals surface area contributed by atoms with Crippen LogP contribution < -0.4 is 10.6 Å². The molecule has 0 atom stereocenters. The van der Waals surface area contributed by atoms with E-state index < -0.39 is 0 Å². The number of urea groups is 1. The fourth-order valence-corrected chi connectivity index (χ4v) is 2.58. The molecule has 0 spiro atoms. The van der Waals surface area contributed by atoms with Gasteiger partial charge >= 0.3 is 6.03 Å². The third-order valence-electron chi connectivity index (χ3n) is 3.96. The molecule has 0 fully saturated rings. The summed E-state index contributed by atoms with van der Waals surface area (Å²) in [4.78, 5) is 26.5. The van der Waals surface area contributed by atoms with Gasteiger partial charge in [-0.3, -0.25) is 4.79 Å². The number of nitrogens with zero attached hydrogens (tertiary/aromatic N) is 2. The van der Waals surface area contributed by atoms with E-state index in [0.717, 1.165) is 16.8 Å². The van der Waals surface area contributed by atoms with Crippen molar-refractivity contribution in [2.45, 2.75) is 27.2 Å². The number of hydrogen-bond donors (Lipinski definition) is 2. The molecule has 0 aliphatic carbocycles. The number of hydrogen-bond acceptors (Lipinski definition) is 5. The van der Waals surface area contributed by atoms with E-state index in [1.165, 1.54) is 17.2 Å². The first-order valence-corrected chi connectivity index (χ1v) is 8.91. The Morgan fingerprint density at radius 2 is 1.93 bits per heavy atom. The number of aryl methyl sites for hydroxylation is 2. The number of carbonyl (C=O) groups excluding carboxylic acids is 2. The Hall–Kier alpha value is -2.87. The summed E-state index contributed by atoms with van der Waals surface area (Å²) in [6.45, 7) is 7.20. The van der Waals surface area contributed by atoms with Crippen molar-refractivity contribution in [2.24, 2.45) is 0 Å². The van der Waals surface area contributed by atoms with Crippen LogP contribution in [-0.2, 0) is 9.53 Å². The Morgan fingerprint density at radius 3 is 2.56 bits per heavy atom. The summed E-state index contributed by atoms with van der Waals surface area (Å²) in [6, 6.07) is 7.00. The average molecular weight is 374 g/mol. The second kappa shape index (κ2) is 10.3. The number of para-hydroxylation sites is 1. The third kappa shape index (κ3) is 6.41. The monoisotopic (exact) mass is 374 g/mol. The summed E-state index contributed by atoms with van der Waals surface area (Å²) >= 11 is 0. The molecule has 0 bridgehead atoms. The minimum Gasteiger partial charge on any atom is -0.382 e. The van der Waals surface area contributed by atoms with Crippen LogP contribution in [0.1, 0.15) is 24.5 Å². The fourth-order valence-electron chi connectivity index (χ4n) is 2.58. The van der Waals surface area contributed by atoms with E-state index in [-0.39, 0.29) is 18.5 Å². The van der Waals surface area contributed by atoms with Crippen LogP contribution in [0.2, 0.25) is 0 Å². The van der Waals surface area contributed by atoms with Gasteiger partial charge in [0.05, 0.1) is 0 Å². The minimum absolute atomic E-state index is 0.101. The second-order valence-corrected chi connectivity index (χ2v) is 6.10. The van der Waals surface area contributed by atoms with Gasteiger partial charge in [-0.15, -0.1) is 0 Å². The number of nitrogens with one attached hydrogen (secondary N) is 2. The standard InChI is InChI=1S/C19H26N4O4/c1-4-26-11-6-10-23(13-17(24)20-16-9-12-27-22-16)19(25)21-18-14(2)7-5-8-15(18)3/h5,7-9,12H,4,6,10-11,13H2,1-3H3,(H,21,25)(H,20,22,24). The lowest BCUT2D eigenvalue weighted by Crippen LogP contribution is -2.41. The van der Waals surface area contributed by atoms with Crippen LogP contribution in [0.15, 0.2) is 35.1 Å². The number of carbonyl (C=O) groups is 2. The molecule has 2 rings (SSSR count). The van der Waals surface area contributed by atoms with Crippen LogP contribution in [0.3, 0.4) is 0 Å². The molecule has 0 saturated heterocycles. The molecule has 0 saturated carbocycles. The highest BCUT2D eigenvalue weighted by Gasteiger charge is 2.19. The molecule has 0 aliphatic rings. The van der Waals surface area contributed by atoms with Crippen LogP contribution in [0.25, 0.3) is 0 Å². The first-order valence-electron chi connectivity index (χ1n) is 8.91. The molecule has 1 aromatic heterocycles. The highest BCUT2D eigenvalue weighted by Crippen LogP contribution is 2.20. The van der Waals surface area contributed by atoms with Crippen molar-refractivity contribution in [2.75, 3.05) is 36.9 Å². The van der Waals surface area contributed by atoms with Crippen molar-refractivity contribution >= 4 is 23.4 Å². The zero-order chi connectivity index (χ0) is 19.6. The molecule has 0 radical (unpaired) electrons. The zero-order valence-corrected chi connectivity index (χ0v) is 15.9. The Bertz CT molecular complexity index is 726. The lowest BCUT2D eigenvalue weighted by molar-refractivity contribution is -0.116. The van der Waals surface area contributed by atoms with Gasteiger partial charge < -0.3 is 24.8 Å². The van der Waals surface area contributed by atoms with Gasteiger partial charge in [-0.1, -0.05) is 23.4 Å². The topological polar surface area (TPSA) is 96.7 Å². The Morgan fingerprint density at radius 1 is 1.19 bits per heavy atom. The molecule has 2 N–H and O–H groups in total. The van der Waals surface area contributed by atoms with E-state index >= 15 is 0 Å². The van der Waals surface area contributed by atoms with E-state index in [2.05, 4.69) is 15.8 Å². The van der Waals surface area contributed by atoms with Crippen molar-refractivity contribution < 1.29 is 18.8 Å². The van der Waals surface area contributed by atoms with Crippen LogP contribution in [0.5, 0.6) is 0 Å². The molecular formula is C19H26N4O4. The molecule has 0 aliphatic heterocycles. The quantitative estimate of drug-likeness (QED) is 0.657. The minimum atomic E-state index is -0.350. The van der Waals surface area contributed by atoms with Gasteiger partial charge in [-0.05, 0) is 38.3 Å². The number of amides is 3. The van der Waals surface area contributed by atoms with Crippen molar-refractivity contribution in [1.29, 1.82) is 0 Å². The molecule has 8 nitrogen and oxygen atoms in total. The summed E-state index contributed by atoms with van der Waals surface area (Å²) in [6.07, 6.45) is 1.99. The van der Waals surface area contributed by atoms with Gasteiger partial charge in [0.2, 0.25) is 5.91 Å². The second-order valence-electron chi connectivity index (χ2n) is 6.10. The maximum Gasteiger partial charge on any atom is 0.322 e. The predicted octanol–water partition coefficient (Wildman–Crippen LogP) is 3.19. The molecule has 1 aromatic carbocycles. The maximum atomic E-state index is 12.8. The summed E-state index contributed by atoms with van der Waals surface area (Å²) in [7, 11) is 0. The first kappa shape index (κ1) is 20.4. The predicted molar refractivity (Wildman–Crippen MR) is 103 cm³/mol. The highest BCUT2D eigenvalue weighted by atomic mass is 16.5. The molecule has 3 amide bonds. The zero-order valence-electron chi connectivity index (χ0n) is 15.9. The van der Waals surface area contributed by atoms with Gasteiger partial charge in [0.15, 0.2) is 5.82 Å². The summed E-state index contributed by atoms with van der Waals surface area (Å²) in [5, 5.41) is 9.15. The largest absolute Gasteiger partial charge is 0.382 e. The number of aromatic nitrogens is 1. The molecular weight excluding hydrogens is 348 g/mol. The molecule has 8 heteroatoms. The average Bonchev–Trinajstić information content (AvgIpc) is 3.13. The third-order valence-corrected chi connectivity index (χ3v) is 3.96. The van der Waals surface area contributed by atoms with Crippen LogP contribution in [-0.4, -0.2) is 48.3 Å². The Balaban J connectivity index is 2.03. The fraction of sp³-hybridized carbons (Fsp3) is 0.421. The van der Waals surface area contributed by atoms with Gasteiger partial charge in [0, 0.05) is 31.5 Å². The van der Waals surface area contributed by atoms with Gasteiger partial charge in [0.1, 0.15) is 12.8 Å². The highest BCUT2D eigenvalue weighted by molar-refractivity contribution is 5.97. The van der Waals surface area contributed by atoms with E-state index in [4.69, 9.17) is 9.26 Å². The number of anilines is 2. The van der Waals surface area contributed by atoms with E-state index in [9.17, 15) is 9.59 Å². The Kier molecular flexibility index (Phi) is 7.81. The summed E-state index contributed by atoms with van der Waals surface area (Å²) < 4.78 is 10.0. The van der Waals surface area contributed by atoms with Crippen LogP contribution in [0, 0.1) is 13.8 Å². The molecule has 0 unspecified atom stereocenters. The summed E-state index contributed by atoms with van der Waals surface area (Å²) in [5.41, 5.74) is 2.68. The van der Waals surface area contributed by atoms with Gasteiger partial charge in [-0.25, -0.2) is 4.79 Å². The Labute approximate surface area is 158 Å². The van der Waals surface area contributed by atoms with E-state index in [1.807, 2.05) is 39.0 Å². The van der Waals surface area contributed by atoms with Gasteiger partial charge in [-0.2, -0.15) is 0 Å². The summed E-state index contributed by atoms with van der Waals surface area (Å²) in [5.74, 6) is -0.0404. The van der Waals surface area contributed by atoms with Crippen molar-refractivity contribution in [3.63, 3.8) is 0 Å². The maximum absolute atomic E-state index is 12.8. The number of rotatable bonds is 9. The molecule has 27 heavy (non-hydrogen) atoms. The lowest BCUT2D eigenvalue weighted by Gasteiger charge is -2.23. The van der Waals surface area contributed by atoms with Crippen molar-refractivity contribution in [3.05, 3.63) is 41.7 Å². The van der Waals surface area contributed by atoms with Gasteiger partial charge in [0.25, 0.3) is 0 Å². The smallest absolute Gasteiger partial charge is 0.322 e. The SMILES string of the molecule is CCOCCCN(CC(=O)Nc1ccon1)C(=O)Nc1c(C)cccc1C. The first-order chi connectivity index (χ1) is 13.0. The molecule has 1 heterocycles. The van der Waals surface area contributed by atoms with Crippen molar-refractivity contribution in [1.82, 2.24) is 10.1 Å². The van der Waals surface area contributed by atoms with E-state index in [0.29, 0.717) is 32.0 Å². The number of ether oxygens (including phenoxy) is 1. The lowest BCUT2D eigenvalue weighted by atomic mass is 10.1. The van der Waals surface area contributed by atoms with E-state index in [1.54, 1.807) is 0 Å². The van der Waals surface area contributed by atoms with Crippen LogP contribution >= 0.6 is 0 Å².